The van der Waals surface area contributed by atoms with E-state index >= 15 is 0 Å². The third kappa shape index (κ3) is 3.73. The standard InChI is InChI=1S/C17H17F2N3O2/c1-17(2,3)22(16(24)11-7-9-20-10-8-11)21-15(23)14-12(18)5-4-6-13(14)19/h4-10H,1-3H3,(H,21,23). The minimum Gasteiger partial charge on any atom is -0.267 e. The minimum absolute atomic E-state index is 0.286. The first-order valence-electron chi connectivity index (χ1n) is 7.21. The first kappa shape index (κ1) is 17.5. The van der Waals surface area contributed by atoms with Crippen molar-refractivity contribution in [3.63, 3.8) is 0 Å². The molecule has 0 radical (unpaired) electrons. The maximum atomic E-state index is 13.8. The summed E-state index contributed by atoms with van der Waals surface area (Å²) in [5.41, 5.74) is 1.02. The van der Waals surface area contributed by atoms with Gasteiger partial charge in [0.1, 0.15) is 17.2 Å². The quantitative estimate of drug-likeness (QED) is 0.860. The molecule has 0 saturated carbocycles. The van der Waals surface area contributed by atoms with Gasteiger partial charge in [-0.3, -0.25) is 20.0 Å². The molecule has 1 aromatic carbocycles. The van der Waals surface area contributed by atoms with Gasteiger partial charge in [-0.2, -0.15) is 0 Å². The largest absolute Gasteiger partial charge is 0.275 e. The van der Waals surface area contributed by atoms with Crippen LogP contribution in [0.1, 0.15) is 41.5 Å². The van der Waals surface area contributed by atoms with Crippen molar-refractivity contribution in [1.82, 2.24) is 15.4 Å². The number of nitrogens with one attached hydrogen (secondary N) is 1. The number of aromatic nitrogens is 1. The molecule has 0 aliphatic carbocycles. The van der Waals surface area contributed by atoms with E-state index in [0.717, 1.165) is 23.2 Å². The van der Waals surface area contributed by atoms with E-state index < -0.39 is 34.6 Å². The molecule has 0 atom stereocenters. The fourth-order valence-corrected chi connectivity index (χ4v) is 2.02. The van der Waals surface area contributed by atoms with E-state index in [4.69, 9.17) is 0 Å². The Morgan fingerprint density at radius 2 is 1.58 bits per heavy atom. The van der Waals surface area contributed by atoms with Crippen molar-refractivity contribution in [2.24, 2.45) is 0 Å². The minimum atomic E-state index is -1.04. The average molecular weight is 333 g/mol. The number of rotatable bonds is 2. The number of hydrogen-bond donors (Lipinski definition) is 1. The van der Waals surface area contributed by atoms with E-state index in [9.17, 15) is 18.4 Å². The van der Waals surface area contributed by atoms with Crippen LogP contribution in [-0.2, 0) is 0 Å². The van der Waals surface area contributed by atoms with Crippen molar-refractivity contribution in [2.75, 3.05) is 0 Å². The van der Waals surface area contributed by atoms with E-state index in [1.54, 1.807) is 20.8 Å². The average Bonchev–Trinajstić information content (AvgIpc) is 2.51. The molecule has 5 nitrogen and oxygen atoms in total. The molecule has 0 saturated heterocycles. The Balaban J connectivity index is 2.34. The lowest BCUT2D eigenvalue weighted by Gasteiger charge is -2.35. The Labute approximate surface area is 138 Å². The molecule has 0 aliphatic rings. The van der Waals surface area contributed by atoms with Gasteiger partial charge >= 0.3 is 0 Å². The molecule has 24 heavy (non-hydrogen) atoms. The summed E-state index contributed by atoms with van der Waals surface area (Å²) in [6, 6.07) is 6.08. The highest BCUT2D eigenvalue weighted by molar-refractivity contribution is 5.99. The molecule has 1 heterocycles. The summed E-state index contributed by atoms with van der Waals surface area (Å²) in [6.45, 7) is 5.05. The van der Waals surface area contributed by atoms with Crippen LogP contribution in [0.5, 0.6) is 0 Å². The van der Waals surface area contributed by atoms with Crippen LogP contribution < -0.4 is 5.43 Å². The lowest BCUT2D eigenvalue weighted by Crippen LogP contribution is -2.56. The molecule has 0 unspecified atom stereocenters. The smallest absolute Gasteiger partial charge is 0.267 e. The SMILES string of the molecule is CC(C)(C)N(NC(=O)c1c(F)cccc1F)C(=O)c1ccncc1. The van der Waals surface area contributed by atoms with Gasteiger partial charge in [0.05, 0.1) is 5.54 Å². The van der Waals surface area contributed by atoms with Gasteiger partial charge < -0.3 is 0 Å². The summed E-state index contributed by atoms with van der Waals surface area (Å²) in [6.07, 6.45) is 2.87. The van der Waals surface area contributed by atoms with Gasteiger partial charge in [-0.15, -0.1) is 0 Å². The summed E-state index contributed by atoms with van der Waals surface area (Å²) in [4.78, 5) is 28.7. The highest BCUT2D eigenvalue weighted by Gasteiger charge is 2.31. The number of hydrogen-bond acceptors (Lipinski definition) is 3. The van der Waals surface area contributed by atoms with Crippen LogP contribution in [0.4, 0.5) is 8.78 Å². The summed E-state index contributed by atoms with van der Waals surface area (Å²) in [5, 5.41) is 1.04. The van der Waals surface area contributed by atoms with Crippen LogP contribution in [0.2, 0.25) is 0 Å². The van der Waals surface area contributed by atoms with E-state index in [2.05, 4.69) is 10.4 Å². The van der Waals surface area contributed by atoms with Gasteiger partial charge in [-0.25, -0.2) is 13.8 Å². The molecule has 126 valence electrons. The molecular formula is C17H17F2N3O2. The maximum absolute atomic E-state index is 13.8. The van der Waals surface area contributed by atoms with Crippen LogP contribution in [-0.4, -0.2) is 27.3 Å². The second kappa shape index (κ2) is 6.74. The van der Waals surface area contributed by atoms with Gasteiger partial charge in [0.25, 0.3) is 11.8 Å². The Morgan fingerprint density at radius 1 is 1.04 bits per heavy atom. The van der Waals surface area contributed by atoms with Crippen molar-refractivity contribution >= 4 is 11.8 Å². The maximum Gasteiger partial charge on any atom is 0.275 e. The molecule has 0 aliphatic heterocycles. The first-order valence-corrected chi connectivity index (χ1v) is 7.21. The van der Waals surface area contributed by atoms with Crippen molar-refractivity contribution in [3.8, 4) is 0 Å². The zero-order valence-corrected chi connectivity index (χ0v) is 13.5. The van der Waals surface area contributed by atoms with Crippen LogP contribution in [0, 0.1) is 11.6 Å². The normalized spacial score (nSPS) is 11.0. The molecule has 0 spiro atoms. The summed E-state index contributed by atoms with van der Waals surface area (Å²) < 4.78 is 27.5. The number of carbonyl (C=O) groups excluding carboxylic acids is 2. The highest BCUT2D eigenvalue weighted by atomic mass is 19.1. The summed E-state index contributed by atoms with van der Waals surface area (Å²) >= 11 is 0. The number of benzene rings is 1. The zero-order valence-electron chi connectivity index (χ0n) is 13.5. The van der Waals surface area contributed by atoms with E-state index in [0.29, 0.717) is 0 Å². The van der Waals surface area contributed by atoms with Crippen molar-refractivity contribution in [2.45, 2.75) is 26.3 Å². The van der Waals surface area contributed by atoms with Gasteiger partial charge in [-0.05, 0) is 45.0 Å². The van der Waals surface area contributed by atoms with Crippen molar-refractivity contribution < 1.29 is 18.4 Å². The third-order valence-electron chi connectivity index (χ3n) is 3.20. The second-order valence-electron chi connectivity index (χ2n) is 6.08. The number of hydrazine groups is 1. The number of pyridine rings is 1. The van der Waals surface area contributed by atoms with Gasteiger partial charge in [-0.1, -0.05) is 6.07 Å². The number of nitrogens with zero attached hydrogens (tertiary/aromatic N) is 2. The lowest BCUT2D eigenvalue weighted by atomic mass is 10.1. The van der Waals surface area contributed by atoms with Crippen molar-refractivity contribution in [1.29, 1.82) is 0 Å². The van der Waals surface area contributed by atoms with Crippen molar-refractivity contribution in [3.05, 3.63) is 65.5 Å². The molecule has 2 rings (SSSR count). The first-order chi connectivity index (χ1) is 11.2. The molecule has 0 fully saturated rings. The van der Waals surface area contributed by atoms with Crippen LogP contribution in [0.15, 0.2) is 42.7 Å². The molecule has 2 aromatic rings. The van der Waals surface area contributed by atoms with E-state index in [1.807, 2.05) is 0 Å². The molecule has 7 heteroatoms. The van der Waals surface area contributed by atoms with Crippen LogP contribution >= 0.6 is 0 Å². The highest BCUT2D eigenvalue weighted by Crippen LogP contribution is 2.17. The number of carbonyl (C=O) groups is 2. The third-order valence-corrected chi connectivity index (χ3v) is 3.20. The van der Waals surface area contributed by atoms with Crippen LogP contribution in [0.25, 0.3) is 0 Å². The Hall–Kier alpha value is -2.83. The second-order valence-corrected chi connectivity index (χ2v) is 6.08. The zero-order chi connectivity index (χ0) is 17.9. The summed E-state index contributed by atoms with van der Waals surface area (Å²) in [5.74, 6) is -3.56. The summed E-state index contributed by atoms with van der Waals surface area (Å²) in [7, 11) is 0. The molecule has 2 amide bonds. The predicted octanol–water partition coefficient (Wildman–Crippen LogP) is 2.95. The topological polar surface area (TPSA) is 62.3 Å². The predicted molar refractivity (Wildman–Crippen MR) is 84.0 cm³/mol. The Bertz CT molecular complexity index is 738. The fraction of sp³-hybridized carbons (Fsp3) is 0.235. The monoisotopic (exact) mass is 333 g/mol. The van der Waals surface area contributed by atoms with Gasteiger partial charge in [0.15, 0.2) is 0 Å². The molecule has 0 bridgehead atoms. The van der Waals surface area contributed by atoms with Crippen LogP contribution in [0.3, 0.4) is 0 Å². The van der Waals surface area contributed by atoms with Gasteiger partial charge in [0.2, 0.25) is 0 Å². The fourth-order valence-electron chi connectivity index (χ4n) is 2.02. The van der Waals surface area contributed by atoms with E-state index in [-0.39, 0.29) is 5.56 Å². The number of halogens is 2. The molecule has 1 N–H and O–H groups in total. The Morgan fingerprint density at radius 3 is 2.08 bits per heavy atom. The van der Waals surface area contributed by atoms with E-state index in [1.165, 1.54) is 24.5 Å². The lowest BCUT2D eigenvalue weighted by molar-refractivity contribution is 0.0355. The molecule has 1 aromatic heterocycles. The van der Waals surface area contributed by atoms with Gasteiger partial charge in [0, 0.05) is 18.0 Å². The Kier molecular flexibility index (Phi) is 4.92. The number of amides is 2. The molecular weight excluding hydrogens is 316 g/mol.